The molecule has 0 fully saturated rings. The number of nitrogens with zero attached hydrogens (tertiary/aromatic N) is 2. The van der Waals surface area contributed by atoms with E-state index in [1.807, 2.05) is 0 Å². The fourth-order valence-corrected chi connectivity index (χ4v) is 1.92. The first kappa shape index (κ1) is 8.63. The summed E-state index contributed by atoms with van der Waals surface area (Å²) in [5.74, 6) is 0.370. The van der Waals surface area contributed by atoms with Crippen molar-refractivity contribution in [3.05, 3.63) is 23.3 Å². The van der Waals surface area contributed by atoms with Crippen LogP contribution in [0, 0.1) is 0 Å². The molecule has 0 bridgehead atoms. The second-order valence-electron chi connectivity index (χ2n) is 3.67. The second-order valence-corrected chi connectivity index (χ2v) is 3.67. The molecule has 0 radical (unpaired) electrons. The van der Waals surface area contributed by atoms with Crippen molar-refractivity contribution < 1.29 is 0 Å². The maximum absolute atomic E-state index is 5.64. The largest absolute Gasteiger partial charge is 0.330 e. The first-order valence-corrected chi connectivity index (χ1v) is 4.85. The standard InChI is InChI=1S/C10H15N3/c1-7(5-11)10-8-3-2-4-9(8)12-6-13-10/h6-7H,2-5,11H2,1H3. The molecule has 1 aliphatic carbocycles. The fraction of sp³-hybridized carbons (Fsp3) is 0.600. The lowest BCUT2D eigenvalue weighted by atomic mass is 10.0. The monoisotopic (exact) mass is 177 g/mol. The molecule has 0 saturated carbocycles. The summed E-state index contributed by atoms with van der Waals surface area (Å²) in [4.78, 5) is 8.61. The van der Waals surface area contributed by atoms with Crippen LogP contribution in [0.5, 0.6) is 0 Å². The van der Waals surface area contributed by atoms with Gasteiger partial charge in [0.05, 0.1) is 5.69 Å². The van der Waals surface area contributed by atoms with Gasteiger partial charge in [-0.15, -0.1) is 0 Å². The van der Waals surface area contributed by atoms with Gasteiger partial charge in [0.25, 0.3) is 0 Å². The molecule has 13 heavy (non-hydrogen) atoms. The van der Waals surface area contributed by atoms with E-state index < -0.39 is 0 Å². The van der Waals surface area contributed by atoms with Crippen molar-refractivity contribution in [2.45, 2.75) is 32.1 Å². The molecule has 0 amide bonds. The average Bonchev–Trinajstić information content (AvgIpc) is 2.63. The summed E-state index contributed by atoms with van der Waals surface area (Å²) in [7, 11) is 0. The molecule has 2 rings (SSSR count). The van der Waals surface area contributed by atoms with E-state index in [1.54, 1.807) is 6.33 Å². The van der Waals surface area contributed by atoms with Crippen LogP contribution in [0.3, 0.4) is 0 Å². The van der Waals surface area contributed by atoms with Crippen LogP contribution < -0.4 is 5.73 Å². The van der Waals surface area contributed by atoms with Crippen molar-refractivity contribution >= 4 is 0 Å². The third-order valence-electron chi connectivity index (χ3n) is 2.73. The minimum atomic E-state index is 0.370. The van der Waals surface area contributed by atoms with E-state index >= 15 is 0 Å². The Labute approximate surface area is 78.4 Å². The van der Waals surface area contributed by atoms with E-state index in [0.717, 1.165) is 12.8 Å². The van der Waals surface area contributed by atoms with Crippen LogP contribution in [0.25, 0.3) is 0 Å². The highest BCUT2D eigenvalue weighted by atomic mass is 14.9. The minimum absolute atomic E-state index is 0.370. The van der Waals surface area contributed by atoms with Gasteiger partial charge in [0.15, 0.2) is 0 Å². The fourth-order valence-electron chi connectivity index (χ4n) is 1.92. The first-order valence-electron chi connectivity index (χ1n) is 4.85. The Hall–Kier alpha value is -0.960. The summed E-state index contributed by atoms with van der Waals surface area (Å²) < 4.78 is 0. The number of hydrogen-bond donors (Lipinski definition) is 1. The van der Waals surface area contributed by atoms with Crippen molar-refractivity contribution in [1.29, 1.82) is 0 Å². The predicted octanol–water partition coefficient (Wildman–Crippen LogP) is 1.03. The third-order valence-corrected chi connectivity index (χ3v) is 2.73. The first-order chi connectivity index (χ1) is 6.33. The van der Waals surface area contributed by atoms with Crippen molar-refractivity contribution in [3.63, 3.8) is 0 Å². The van der Waals surface area contributed by atoms with E-state index in [4.69, 9.17) is 5.73 Å². The highest BCUT2D eigenvalue weighted by Crippen LogP contribution is 2.25. The van der Waals surface area contributed by atoms with Gasteiger partial charge in [-0.05, 0) is 24.8 Å². The van der Waals surface area contributed by atoms with Gasteiger partial charge in [0.1, 0.15) is 6.33 Å². The van der Waals surface area contributed by atoms with Gasteiger partial charge in [-0.3, -0.25) is 0 Å². The SMILES string of the molecule is CC(CN)c1ncnc2c1CCC2. The number of aryl methyl sites for hydroxylation is 1. The second kappa shape index (κ2) is 3.42. The Bertz CT molecular complexity index is 309. The zero-order valence-electron chi connectivity index (χ0n) is 7.95. The molecule has 1 atom stereocenters. The predicted molar refractivity (Wildman–Crippen MR) is 51.5 cm³/mol. The zero-order valence-corrected chi connectivity index (χ0v) is 7.95. The molecule has 2 N–H and O–H groups in total. The molecule has 3 heteroatoms. The van der Waals surface area contributed by atoms with E-state index in [9.17, 15) is 0 Å². The van der Waals surface area contributed by atoms with Crippen molar-refractivity contribution in [2.75, 3.05) is 6.54 Å². The van der Waals surface area contributed by atoms with Crippen molar-refractivity contribution in [2.24, 2.45) is 5.73 Å². The molecule has 70 valence electrons. The van der Waals surface area contributed by atoms with Crippen LogP contribution in [0.4, 0.5) is 0 Å². The normalized spacial score (nSPS) is 17.1. The Kier molecular flexibility index (Phi) is 2.27. The molecule has 1 unspecified atom stereocenters. The van der Waals surface area contributed by atoms with Crippen LogP contribution in [0.2, 0.25) is 0 Å². The van der Waals surface area contributed by atoms with E-state index in [0.29, 0.717) is 12.5 Å². The minimum Gasteiger partial charge on any atom is -0.330 e. The molecule has 1 aromatic rings. The van der Waals surface area contributed by atoms with Gasteiger partial charge in [-0.2, -0.15) is 0 Å². The number of aromatic nitrogens is 2. The summed E-state index contributed by atoms with van der Waals surface area (Å²) >= 11 is 0. The Morgan fingerprint density at radius 2 is 2.31 bits per heavy atom. The summed E-state index contributed by atoms with van der Waals surface area (Å²) in [5, 5.41) is 0. The number of fused-ring (bicyclic) bond motifs is 1. The number of hydrogen-bond acceptors (Lipinski definition) is 3. The molecule has 0 aromatic carbocycles. The van der Waals surface area contributed by atoms with E-state index in [2.05, 4.69) is 16.9 Å². The summed E-state index contributed by atoms with van der Waals surface area (Å²) in [6.45, 7) is 2.80. The lowest BCUT2D eigenvalue weighted by Gasteiger charge is -2.11. The van der Waals surface area contributed by atoms with Crippen LogP contribution in [-0.2, 0) is 12.8 Å². The molecule has 0 spiro atoms. The maximum Gasteiger partial charge on any atom is 0.115 e. The van der Waals surface area contributed by atoms with E-state index in [-0.39, 0.29) is 0 Å². The molecule has 1 aromatic heterocycles. The summed E-state index contributed by atoms with van der Waals surface area (Å²) in [6, 6.07) is 0. The molecule has 1 aliphatic rings. The lowest BCUT2D eigenvalue weighted by molar-refractivity contribution is 0.726. The topological polar surface area (TPSA) is 51.8 Å². The molecule has 1 heterocycles. The van der Waals surface area contributed by atoms with Crippen LogP contribution >= 0.6 is 0 Å². The molecule has 0 aliphatic heterocycles. The van der Waals surface area contributed by atoms with Crippen LogP contribution in [-0.4, -0.2) is 16.5 Å². The smallest absolute Gasteiger partial charge is 0.115 e. The Balaban J connectivity index is 2.41. The van der Waals surface area contributed by atoms with E-state index in [1.165, 1.54) is 23.4 Å². The summed E-state index contributed by atoms with van der Waals surface area (Å²) in [5.41, 5.74) is 9.41. The summed E-state index contributed by atoms with van der Waals surface area (Å²) in [6.07, 6.45) is 5.14. The third kappa shape index (κ3) is 1.44. The highest BCUT2D eigenvalue weighted by Gasteiger charge is 2.19. The number of rotatable bonds is 2. The van der Waals surface area contributed by atoms with Crippen molar-refractivity contribution in [1.82, 2.24) is 9.97 Å². The zero-order chi connectivity index (χ0) is 9.26. The van der Waals surface area contributed by atoms with Gasteiger partial charge < -0.3 is 5.73 Å². The molecule has 0 saturated heterocycles. The lowest BCUT2D eigenvalue weighted by Crippen LogP contribution is -2.13. The average molecular weight is 177 g/mol. The van der Waals surface area contributed by atoms with Crippen LogP contribution in [0.15, 0.2) is 6.33 Å². The van der Waals surface area contributed by atoms with Crippen molar-refractivity contribution in [3.8, 4) is 0 Å². The van der Waals surface area contributed by atoms with Gasteiger partial charge in [-0.1, -0.05) is 6.92 Å². The molecular formula is C10H15N3. The van der Waals surface area contributed by atoms with Gasteiger partial charge in [-0.25, -0.2) is 9.97 Å². The van der Waals surface area contributed by atoms with Gasteiger partial charge in [0, 0.05) is 18.2 Å². The highest BCUT2D eigenvalue weighted by molar-refractivity contribution is 5.31. The van der Waals surface area contributed by atoms with Gasteiger partial charge in [0.2, 0.25) is 0 Å². The molecule has 3 nitrogen and oxygen atoms in total. The van der Waals surface area contributed by atoms with Gasteiger partial charge >= 0.3 is 0 Å². The Morgan fingerprint density at radius 1 is 1.46 bits per heavy atom. The molecular weight excluding hydrogens is 162 g/mol. The van der Waals surface area contributed by atoms with Crippen LogP contribution in [0.1, 0.15) is 36.2 Å². The maximum atomic E-state index is 5.64. The Morgan fingerprint density at radius 3 is 3.08 bits per heavy atom. The number of nitrogens with two attached hydrogens (primary N) is 1. The quantitative estimate of drug-likeness (QED) is 0.734.